The molecule has 2 N–H and O–H groups in total. The maximum absolute atomic E-state index is 11.6. The number of rotatable bonds is 8. The summed E-state index contributed by atoms with van der Waals surface area (Å²) in [5.41, 5.74) is 4.59. The molecule has 0 aliphatic carbocycles. The Hall–Kier alpha value is -3.74. The molecule has 0 spiro atoms. The highest BCUT2D eigenvalue weighted by Crippen LogP contribution is 2.25. The maximum Gasteiger partial charge on any atom is 0.220 e. The number of nitrogens with one attached hydrogen (secondary N) is 2. The summed E-state index contributed by atoms with van der Waals surface area (Å²) in [5.74, 6) is 1.41. The fourth-order valence-corrected chi connectivity index (χ4v) is 3.67. The van der Waals surface area contributed by atoms with Crippen LogP contribution in [0.25, 0.3) is 17.0 Å². The molecule has 1 aromatic heterocycles. The molecule has 1 aromatic carbocycles. The molecule has 0 saturated carbocycles. The largest absolute Gasteiger partial charge is 0.383 e. The van der Waals surface area contributed by atoms with E-state index in [0.29, 0.717) is 24.6 Å². The lowest BCUT2D eigenvalue weighted by molar-refractivity contribution is -0.122. The number of allylic oxidation sites excluding steroid dienone is 4. The van der Waals surface area contributed by atoms with E-state index in [0.717, 1.165) is 34.4 Å². The lowest BCUT2D eigenvalue weighted by Crippen LogP contribution is -2.42. The Labute approximate surface area is 196 Å². The van der Waals surface area contributed by atoms with E-state index in [1.54, 1.807) is 7.05 Å². The second-order valence-corrected chi connectivity index (χ2v) is 8.08. The fraction of sp³-hybridized carbons (Fsp3) is 0.308. The number of carbonyl (C=O) groups is 1. The number of piperidine rings is 1. The summed E-state index contributed by atoms with van der Waals surface area (Å²) in [6.45, 7) is 6.46. The van der Waals surface area contributed by atoms with E-state index in [4.69, 9.17) is 4.98 Å². The molecule has 2 heterocycles. The minimum absolute atomic E-state index is 0.0852. The van der Waals surface area contributed by atoms with Crippen molar-refractivity contribution >= 4 is 23.0 Å². The van der Waals surface area contributed by atoms with Gasteiger partial charge in [0.2, 0.25) is 5.91 Å². The number of hydrogen-bond acceptors (Lipinski definition) is 6. The van der Waals surface area contributed by atoms with E-state index < -0.39 is 0 Å². The Morgan fingerprint density at radius 1 is 1.36 bits per heavy atom. The molecular weight excluding hydrogens is 412 g/mol. The van der Waals surface area contributed by atoms with Crippen molar-refractivity contribution in [2.75, 3.05) is 33.0 Å². The highest BCUT2D eigenvalue weighted by Gasteiger charge is 2.21. The van der Waals surface area contributed by atoms with Crippen LogP contribution in [0.15, 0.2) is 66.5 Å². The lowest BCUT2D eigenvalue weighted by Gasteiger charge is -2.25. The van der Waals surface area contributed by atoms with Crippen molar-refractivity contribution in [3.05, 3.63) is 72.6 Å². The highest BCUT2D eigenvalue weighted by molar-refractivity contribution is 6.11. The second-order valence-electron chi connectivity index (χ2n) is 8.08. The third-order valence-corrected chi connectivity index (χ3v) is 5.31. The number of aromatic nitrogens is 2. The van der Waals surface area contributed by atoms with Crippen LogP contribution in [0.2, 0.25) is 0 Å². The Morgan fingerprint density at radius 2 is 2.18 bits per heavy atom. The molecule has 1 amide bonds. The third-order valence-electron chi connectivity index (χ3n) is 5.31. The number of carbonyl (C=O) groups excluding carboxylic acids is 1. The molecule has 1 aliphatic rings. The lowest BCUT2D eigenvalue weighted by atomic mass is 10.0. The Kier molecular flexibility index (Phi) is 8.13. The first-order chi connectivity index (χ1) is 15.9. The Bertz CT molecular complexity index is 1090. The SMILES string of the molecule is C=C/C(=C\N(C)C)c1cccc(-c2ncc(C(/C=C\C)=NC)c(NC3CCC(=O)NC3)n2)c1. The Balaban J connectivity index is 2.02. The number of benzene rings is 1. The van der Waals surface area contributed by atoms with E-state index >= 15 is 0 Å². The van der Waals surface area contributed by atoms with Gasteiger partial charge in [0.1, 0.15) is 5.82 Å². The molecule has 3 rings (SSSR count). The first-order valence-electron chi connectivity index (χ1n) is 11.1. The van der Waals surface area contributed by atoms with Crippen molar-refractivity contribution in [3.8, 4) is 11.4 Å². The molecule has 1 atom stereocenters. The Morgan fingerprint density at radius 3 is 2.82 bits per heavy atom. The van der Waals surface area contributed by atoms with Crippen molar-refractivity contribution in [2.45, 2.75) is 25.8 Å². The summed E-state index contributed by atoms with van der Waals surface area (Å²) in [5, 5.41) is 6.43. The van der Waals surface area contributed by atoms with Crippen molar-refractivity contribution in [1.29, 1.82) is 0 Å². The van der Waals surface area contributed by atoms with Gasteiger partial charge in [0.05, 0.1) is 11.3 Å². The predicted octanol–water partition coefficient (Wildman–Crippen LogP) is 3.92. The predicted molar refractivity (Wildman–Crippen MR) is 136 cm³/mol. The van der Waals surface area contributed by atoms with Gasteiger partial charge >= 0.3 is 0 Å². The molecule has 2 aromatic rings. The number of hydrogen-bond donors (Lipinski definition) is 2. The van der Waals surface area contributed by atoms with Crippen LogP contribution in [-0.4, -0.2) is 60.2 Å². The summed E-state index contributed by atoms with van der Waals surface area (Å²) in [4.78, 5) is 27.5. The topological polar surface area (TPSA) is 82.5 Å². The van der Waals surface area contributed by atoms with Crippen LogP contribution in [0.5, 0.6) is 0 Å². The third kappa shape index (κ3) is 6.16. The average molecular weight is 445 g/mol. The van der Waals surface area contributed by atoms with E-state index in [2.05, 4.69) is 33.3 Å². The van der Waals surface area contributed by atoms with Gasteiger partial charge in [-0.15, -0.1) is 0 Å². The van der Waals surface area contributed by atoms with E-state index in [-0.39, 0.29) is 11.9 Å². The number of aliphatic imine (C=N–C) groups is 1. The summed E-state index contributed by atoms with van der Waals surface area (Å²) in [7, 11) is 5.72. The van der Waals surface area contributed by atoms with E-state index in [9.17, 15) is 4.79 Å². The monoisotopic (exact) mass is 444 g/mol. The van der Waals surface area contributed by atoms with Crippen molar-refractivity contribution in [1.82, 2.24) is 20.2 Å². The molecular formula is C26H32N6O. The van der Waals surface area contributed by atoms with Gasteiger partial charge in [0.25, 0.3) is 0 Å². The molecule has 7 heteroatoms. The minimum Gasteiger partial charge on any atom is -0.383 e. The van der Waals surface area contributed by atoms with Crippen LogP contribution < -0.4 is 10.6 Å². The van der Waals surface area contributed by atoms with Crippen molar-refractivity contribution in [3.63, 3.8) is 0 Å². The molecule has 1 fully saturated rings. The van der Waals surface area contributed by atoms with Gasteiger partial charge in [0.15, 0.2) is 5.82 Å². The van der Waals surface area contributed by atoms with Crippen LogP contribution in [-0.2, 0) is 4.79 Å². The van der Waals surface area contributed by atoms with Crippen molar-refractivity contribution < 1.29 is 4.79 Å². The van der Waals surface area contributed by atoms with E-state index in [1.165, 1.54) is 0 Å². The quantitative estimate of drug-likeness (QED) is 0.476. The maximum atomic E-state index is 11.6. The summed E-state index contributed by atoms with van der Waals surface area (Å²) >= 11 is 0. The van der Waals surface area contributed by atoms with Crippen LogP contribution >= 0.6 is 0 Å². The molecule has 0 bridgehead atoms. The van der Waals surface area contributed by atoms with Gasteiger partial charge < -0.3 is 15.5 Å². The molecule has 172 valence electrons. The van der Waals surface area contributed by atoms with Gasteiger partial charge in [-0.2, -0.15) is 0 Å². The smallest absolute Gasteiger partial charge is 0.220 e. The first-order valence-corrected chi connectivity index (χ1v) is 11.1. The summed E-state index contributed by atoms with van der Waals surface area (Å²) in [6.07, 6.45) is 10.8. The zero-order valence-electron chi connectivity index (χ0n) is 19.8. The van der Waals surface area contributed by atoms with Gasteiger partial charge in [-0.3, -0.25) is 9.79 Å². The number of nitrogens with zero attached hydrogens (tertiary/aromatic N) is 4. The summed E-state index contributed by atoms with van der Waals surface area (Å²) in [6, 6.07) is 8.21. The normalized spacial score (nSPS) is 17.1. The van der Waals surface area contributed by atoms with Crippen LogP contribution in [0.3, 0.4) is 0 Å². The second kappa shape index (κ2) is 11.2. The molecule has 0 radical (unpaired) electrons. The zero-order valence-corrected chi connectivity index (χ0v) is 19.8. The van der Waals surface area contributed by atoms with Crippen LogP contribution in [0.4, 0.5) is 5.82 Å². The standard InChI is InChI=1S/C26H32N6O/c1-6-9-23(27-3)22-16-29-25(31-26(22)30-21-12-13-24(33)28-15-21)20-11-8-10-19(14-20)18(7-2)17-32(4)5/h6-11,14,16-17,21H,2,12-13,15H2,1,3-5H3,(H,28,33)(H,29,30,31)/b9-6-,18-17+,27-23?. The van der Waals surface area contributed by atoms with Gasteiger partial charge in [-0.1, -0.05) is 36.9 Å². The zero-order chi connectivity index (χ0) is 23.8. The van der Waals surface area contributed by atoms with Gasteiger partial charge in [-0.05, 0) is 36.6 Å². The molecule has 1 aliphatic heterocycles. The average Bonchev–Trinajstić information content (AvgIpc) is 2.82. The van der Waals surface area contributed by atoms with Gasteiger partial charge in [-0.25, -0.2) is 9.97 Å². The summed E-state index contributed by atoms with van der Waals surface area (Å²) < 4.78 is 0. The number of amides is 1. The van der Waals surface area contributed by atoms with Crippen molar-refractivity contribution in [2.24, 2.45) is 4.99 Å². The van der Waals surface area contributed by atoms with Gasteiger partial charge in [0, 0.05) is 58.1 Å². The van der Waals surface area contributed by atoms with E-state index in [1.807, 2.05) is 74.7 Å². The molecule has 33 heavy (non-hydrogen) atoms. The van der Waals surface area contributed by atoms with Crippen LogP contribution in [0, 0.1) is 0 Å². The number of anilines is 1. The highest BCUT2D eigenvalue weighted by atomic mass is 16.1. The first kappa shape index (κ1) is 23.9. The fourth-order valence-electron chi connectivity index (χ4n) is 3.67. The van der Waals surface area contributed by atoms with Crippen LogP contribution in [0.1, 0.15) is 30.9 Å². The minimum atomic E-state index is 0.0852. The molecule has 1 saturated heterocycles. The molecule has 1 unspecified atom stereocenters. The molecule has 7 nitrogen and oxygen atoms in total.